The monoisotopic (exact) mass is 270 g/mol. The normalized spacial score (nSPS) is 20.7. The van der Waals surface area contributed by atoms with Gasteiger partial charge in [0.15, 0.2) is 10.8 Å². The number of rotatable bonds is 5. The molecule has 1 aliphatic rings. The number of nitrogens with one attached hydrogen (secondary N) is 1. The minimum Gasteiger partial charge on any atom is -0.461 e. The summed E-state index contributed by atoms with van der Waals surface area (Å²) in [5.74, 6) is -0.369. The molecule has 6 heteroatoms. The third-order valence-electron chi connectivity index (χ3n) is 2.86. The Labute approximate surface area is 111 Å². The van der Waals surface area contributed by atoms with E-state index in [9.17, 15) is 4.79 Å². The van der Waals surface area contributed by atoms with Gasteiger partial charge >= 0.3 is 5.97 Å². The second-order valence-corrected chi connectivity index (χ2v) is 5.10. The molecule has 2 rings (SSSR count). The maximum Gasteiger partial charge on any atom is 0.357 e. The Balaban J connectivity index is 1.91. The number of carbonyl (C=O) groups excluding carboxylic acids is 1. The summed E-state index contributed by atoms with van der Waals surface area (Å²) in [7, 11) is 0. The van der Waals surface area contributed by atoms with Crippen molar-refractivity contribution in [2.45, 2.75) is 38.8 Å². The van der Waals surface area contributed by atoms with Crippen molar-refractivity contribution < 1.29 is 14.3 Å². The number of aromatic nitrogens is 1. The molecule has 0 saturated carbocycles. The van der Waals surface area contributed by atoms with Crippen LogP contribution >= 0.6 is 11.3 Å². The van der Waals surface area contributed by atoms with Gasteiger partial charge in [-0.25, -0.2) is 9.78 Å². The lowest BCUT2D eigenvalue weighted by atomic mass is 10.1. The smallest absolute Gasteiger partial charge is 0.357 e. The summed E-state index contributed by atoms with van der Waals surface area (Å²) in [6.07, 6.45) is 2.42. The second-order valence-electron chi connectivity index (χ2n) is 4.24. The van der Waals surface area contributed by atoms with Gasteiger partial charge in [-0.3, -0.25) is 0 Å². The lowest BCUT2D eigenvalue weighted by Gasteiger charge is -2.19. The predicted molar refractivity (Wildman–Crippen MR) is 70.1 cm³/mol. The molecular weight excluding hydrogens is 252 g/mol. The van der Waals surface area contributed by atoms with E-state index in [4.69, 9.17) is 9.47 Å². The van der Waals surface area contributed by atoms with Gasteiger partial charge in [0, 0.05) is 12.0 Å². The lowest BCUT2D eigenvalue weighted by Crippen LogP contribution is -2.29. The molecule has 0 bridgehead atoms. The molecule has 0 amide bonds. The van der Waals surface area contributed by atoms with Crippen LogP contribution in [0.3, 0.4) is 0 Å². The summed E-state index contributed by atoms with van der Waals surface area (Å²) in [4.78, 5) is 15.7. The van der Waals surface area contributed by atoms with Crippen LogP contribution in [0.1, 0.15) is 37.2 Å². The zero-order valence-electron chi connectivity index (χ0n) is 10.6. The average molecular weight is 270 g/mol. The largest absolute Gasteiger partial charge is 0.461 e. The fourth-order valence-corrected chi connectivity index (χ4v) is 2.70. The van der Waals surface area contributed by atoms with Gasteiger partial charge in [0.1, 0.15) is 0 Å². The van der Waals surface area contributed by atoms with E-state index < -0.39 is 0 Å². The van der Waals surface area contributed by atoms with Crippen LogP contribution < -0.4 is 5.32 Å². The molecule has 0 spiro atoms. The minimum absolute atomic E-state index is 0.202. The number of hydrogen-bond donors (Lipinski definition) is 1. The van der Waals surface area contributed by atoms with E-state index in [-0.39, 0.29) is 18.1 Å². The summed E-state index contributed by atoms with van der Waals surface area (Å²) in [5, 5.41) is 5.72. The fraction of sp³-hybridized carbons (Fsp3) is 0.667. The molecule has 0 radical (unpaired) electrons. The van der Waals surface area contributed by atoms with E-state index in [0.717, 1.165) is 24.6 Å². The Kier molecular flexibility index (Phi) is 4.54. The van der Waals surface area contributed by atoms with Gasteiger partial charge in [0.05, 0.1) is 18.8 Å². The van der Waals surface area contributed by atoms with Crippen molar-refractivity contribution in [2.24, 2.45) is 0 Å². The standard InChI is InChI=1S/C12H18N2O3S/c1-3-16-11(15)9-7-18-12(14-9)13-8(2)10-5-4-6-17-10/h7-8,10H,3-6H2,1-2H3,(H,13,14). The Morgan fingerprint density at radius 1 is 1.78 bits per heavy atom. The Morgan fingerprint density at radius 2 is 2.61 bits per heavy atom. The van der Waals surface area contributed by atoms with Gasteiger partial charge < -0.3 is 14.8 Å². The van der Waals surface area contributed by atoms with Crippen molar-refractivity contribution in [3.05, 3.63) is 11.1 Å². The highest BCUT2D eigenvalue weighted by atomic mass is 32.1. The van der Waals surface area contributed by atoms with E-state index in [1.54, 1.807) is 12.3 Å². The third kappa shape index (κ3) is 3.20. The molecule has 100 valence electrons. The molecule has 1 aromatic heterocycles. The van der Waals surface area contributed by atoms with Crippen molar-refractivity contribution in [3.8, 4) is 0 Å². The molecule has 1 aromatic rings. The number of thiazole rings is 1. The number of carbonyl (C=O) groups is 1. The van der Waals surface area contributed by atoms with Crippen molar-refractivity contribution >= 4 is 22.4 Å². The zero-order valence-corrected chi connectivity index (χ0v) is 11.5. The Morgan fingerprint density at radius 3 is 3.28 bits per heavy atom. The summed E-state index contributed by atoms with van der Waals surface area (Å²) < 4.78 is 10.5. The van der Waals surface area contributed by atoms with Gasteiger partial charge in [-0.1, -0.05) is 0 Å². The van der Waals surface area contributed by atoms with Crippen LogP contribution in [-0.4, -0.2) is 36.3 Å². The number of ether oxygens (including phenoxy) is 2. The van der Waals surface area contributed by atoms with Crippen LogP contribution in [0, 0.1) is 0 Å². The van der Waals surface area contributed by atoms with Gasteiger partial charge in [0.25, 0.3) is 0 Å². The van der Waals surface area contributed by atoms with E-state index >= 15 is 0 Å². The number of nitrogens with zero attached hydrogens (tertiary/aromatic N) is 1. The molecule has 1 aliphatic heterocycles. The highest BCUT2D eigenvalue weighted by molar-refractivity contribution is 7.13. The fourth-order valence-electron chi connectivity index (χ4n) is 1.92. The highest BCUT2D eigenvalue weighted by Crippen LogP contribution is 2.21. The van der Waals surface area contributed by atoms with Crippen molar-refractivity contribution in [1.29, 1.82) is 0 Å². The Hall–Kier alpha value is -1.14. The topological polar surface area (TPSA) is 60.5 Å². The maximum atomic E-state index is 11.5. The SMILES string of the molecule is CCOC(=O)c1csc(NC(C)C2CCCO2)n1. The molecule has 2 unspecified atom stereocenters. The third-order valence-corrected chi connectivity index (χ3v) is 3.64. The number of esters is 1. The maximum absolute atomic E-state index is 11.5. The predicted octanol–water partition coefficient (Wildman–Crippen LogP) is 2.30. The quantitative estimate of drug-likeness (QED) is 0.832. The van der Waals surface area contributed by atoms with Gasteiger partial charge in [0.2, 0.25) is 0 Å². The second kappa shape index (κ2) is 6.15. The van der Waals surface area contributed by atoms with Gasteiger partial charge in [-0.05, 0) is 26.7 Å². The molecule has 18 heavy (non-hydrogen) atoms. The number of hydrogen-bond acceptors (Lipinski definition) is 6. The minimum atomic E-state index is -0.369. The van der Waals surface area contributed by atoms with E-state index in [2.05, 4.69) is 17.2 Å². The van der Waals surface area contributed by atoms with Crippen LogP contribution in [0.4, 0.5) is 5.13 Å². The van der Waals surface area contributed by atoms with Gasteiger partial charge in [-0.15, -0.1) is 11.3 Å². The molecule has 2 heterocycles. The first-order valence-corrected chi connectivity index (χ1v) is 7.09. The van der Waals surface area contributed by atoms with Crippen LogP contribution in [0.2, 0.25) is 0 Å². The molecule has 0 aromatic carbocycles. The molecule has 1 N–H and O–H groups in total. The first-order valence-electron chi connectivity index (χ1n) is 6.21. The highest BCUT2D eigenvalue weighted by Gasteiger charge is 2.23. The molecule has 5 nitrogen and oxygen atoms in total. The van der Waals surface area contributed by atoms with E-state index in [1.165, 1.54) is 11.3 Å². The van der Waals surface area contributed by atoms with Gasteiger partial charge in [-0.2, -0.15) is 0 Å². The molecular formula is C12H18N2O3S. The average Bonchev–Trinajstić information content (AvgIpc) is 2.99. The van der Waals surface area contributed by atoms with Crippen molar-refractivity contribution in [3.63, 3.8) is 0 Å². The number of anilines is 1. The molecule has 0 aliphatic carbocycles. The molecule has 1 fully saturated rings. The van der Waals surface area contributed by atoms with E-state index in [1.807, 2.05) is 0 Å². The van der Waals surface area contributed by atoms with Crippen LogP contribution in [-0.2, 0) is 9.47 Å². The van der Waals surface area contributed by atoms with Crippen molar-refractivity contribution in [2.75, 3.05) is 18.5 Å². The summed E-state index contributed by atoms with van der Waals surface area (Å²) in [6, 6.07) is 0.202. The molecule has 1 saturated heterocycles. The van der Waals surface area contributed by atoms with Crippen LogP contribution in [0.15, 0.2) is 5.38 Å². The summed E-state index contributed by atoms with van der Waals surface area (Å²) in [6.45, 7) is 5.05. The Bertz CT molecular complexity index is 402. The summed E-state index contributed by atoms with van der Waals surface area (Å²) >= 11 is 1.41. The lowest BCUT2D eigenvalue weighted by molar-refractivity contribution is 0.0520. The summed E-state index contributed by atoms with van der Waals surface area (Å²) in [5.41, 5.74) is 0.365. The first kappa shape index (κ1) is 13.3. The van der Waals surface area contributed by atoms with Crippen LogP contribution in [0.25, 0.3) is 0 Å². The first-order chi connectivity index (χ1) is 8.70. The van der Waals surface area contributed by atoms with Crippen LogP contribution in [0.5, 0.6) is 0 Å². The zero-order chi connectivity index (χ0) is 13.0. The van der Waals surface area contributed by atoms with E-state index in [0.29, 0.717) is 12.3 Å². The molecule has 2 atom stereocenters. The van der Waals surface area contributed by atoms with Crippen molar-refractivity contribution in [1.82, 2.24) is 4.98 Å².